The molecule has 0 spiro atoms. The van der Waals surface area contributed by atoms with Crippen LogP contribution in [0.15, 0.2) is 37.2 Å². The second-order valence-corrected chi connectivity index (χ2v) is 3.98. The number of aryl methyl sites for hydroxylation is 1. The van der Waals surface area contributed by atoms with Crippen LogP contribution in [0.1, 0.15) is 24.4 Å². The molecule has 0 saturated carbocycles. The van der Waals surface area contributed by atoms with Crippen molar-refractivity contribution in [3.8, 4) is 0 Å². The highest BCUT2D eigenvalue weighted by atomic mass is 16.3. The van der Waals surface area contributed by atoms with E-state index < -0.39 is 6.10 Å². The molecule has 3 rings (SSSR count). The smallest absolute Gasteiger partial charge is 0.142 e. The Hall–Kier alpha value is -2.21. The summed E-state index contributed by atoms with van der Waals surface area (Å²) in [6.45, 7) is 2.78. The molecule has 1 unspecified atom stereocenters. The molecule has 0 aromatic carbocycles. The third-order valence-electron chi connectivity index (χ3n) is 2.98. The Kier molecular flexibility index (Phi) is 2.56. The lowest BCUT2D eigenvalue weighted by Gasteiger charge is -2.10. The van der Waals surface area contributed by atoms with Crippen LogP contribution in [-0.4, -0.2) is 29.3 Å². The molecule has 1 atom stereocenters. The maximum atomic E-state index is 10.4. The third kappa shape index (κ3) is 1.58. The minimum atomic E-state index is -0.790. The molecule has 0 fully saturated rings. The van der Waals surface area contributed by atoms with Gasteiger partial charge in [-0.1, -0.05) is 0 Å². The fourth-order valence-electron chi connectivity index (χ4n) is 2.04. The van der Waals surface area contributed by atoms with E-state index >= 15 is 0 Å². The van der Waals surface area contributed by atoms with Crippen LogP contribution in [0.4, 0.5) is 0 Å². The molecule has 18 heavy (non-hydrogen) atoms. The predicted molar refractivity (Wildman–Crippen MR) is 64.9 cm³/mol. The van der Waals surface area contributed by atoms with Crippen LogP contribution in [0.2, 0.25) is 0 Å². The maximum Gasteiger partial charge on any atom is 0.142 e. The normalized spacial score (nSPS) is 13.0. The van der Waals surface area contributed by atoms with Gasteiger partial charge in [0.2, 0.25) is 0 Å². The van der Waals surface area contributed by atoms with E-state index in [4.69, 9.17) is 0 Å². The van der Waals surface area contributed by atoms with Crippen LogP contribution in [-0.2, 0) is 6.54 Å². The fraction of sp³-hybridized carbons (Fsp3) is 0.250. The first-order valence-electron chi connectivity index (χ1n) is 5.77. The summed E-state index contributed by atoms with van der Waals surface area (Å²) in [5.74, 6) is 0.622. The molecule has 6 heteroatoms. The summed E-state index contributed by atoms with van der Waals surface area (Å²) < 4.78 is 3.59. The van der Waals surface area contributed by atoms with E-state index in [0.717, 1.165) is 12.1 Å². The molecule has 0 bridgehead atoms. The van der Waals surface area contributed by atoms with E-state index in [0.29, 0.717) is 11.4 Å². The van der Waals surface area contributed by atoms with Crippen molar-refractivity contribution in [1.29, 1.82) is 0 Å². The third-order valence-corrected chi connectivity index (χ3v) is 2.98. The molecular weight excluding hydrogens is 230 g/mol. The minimum absolute atomic E-state index is 0.622. The highest BCUT2D eigenvalue weighted by molar-refractivity contribution is 5.53. The summed E-state index contributed by atoms with van der Waals surface area (Å²) in [7, 11) is 0. The van der Waals surface area contributed by atoms with Crippen molar-refractivity contribution in [2.24, 2.45) is 0 Å². The molecule has 0 aliphatic rings. The summed E-state index contributed by atoms with van der Waals surface area (Å²) in [5, 5.41) is 14.6. The van der Waals surface area contributed by atoms with E-state index in [-0.39, 0.29) is 0 Å². The van der Waals surface area contributed by atoms with Gasteiger partial charge in [0.25, 0.3) is 0 Å². The number of aliphatic hydroxyl groups excluding tert-OH is 1. The highest BCUT2D eigenvalue weighted by Crippen LogP contribution is 2.23. The first kappa shape index (κ1) is 10.9. The van der Waals surface area contributed by atoms with E-state index in [2.05, 4.69) is 15.1 Å². The molecule has 6 nitrogen and oxygen atoms in total. The van der Waals surface area contributed by atoms with Crippen LogP contribution < -0.4 is 0 Å². The Morgan fingerprint density at radius 3 is 3.00 bits per heavy atom. The topological polar surface area (TPSA) is 68.2 Å². The van der Waals surface area contributed by atoms with Crippen molar-refractivity contribution in [3.63, 3.8) is 0 Å². The van der Waals surface area contributed by atoms with Crippen molar-refractivity contribution < 1.29 is 5.11 Å². The number of imidazole rings is 1. The number of rotatable bonds is 3. The van der Waals surface area contributed by atoms with Crippen molar-refractivity contribution in [2.75, 3.05) is 0 Å². The molecule has 0 amide bonds. The lowest BCUT2D eigenvalue weighted by molar-refractivity contribution is 0.206. The molecule has 0 aliphatic carbocycles. The lowest BCUT2D eigenvalue weighted by Crippen LogP contribution is -2.08. The molecule has 3 heterocycles. The average molecular weight is 243 g/mol. The number of aromatic nitrogens is 5. The maximum absolute atomic E-state index is 10.4. The van der Waals surface area contributed by atoms with Gasteiger partial charge in [-0.3, -0.25) is 4.98 Å². The van der Waals surface area contributed by atoms with Gasteiger partial charge in [0, 0.05) is 36.9 Å². The number of aliphatic hydroxyl groups is 1. The second-order valence-electron chi connectivity index (χ2n) is 3.98. The van der Waals surface area contributed by atoms with Crippen LogP contribution >= 0.6 is 0 Å². The molecule has 1 N–H and O–H groups in total. The van der Waals surface area contributed by atoms with Gasteiger partial charge in [-0.25, -0.2) is 9.50 Å². The summed E-state index contributed by atoms with van der Waals surface area (Å²) in [4.78, 5) is 8.26. The van der Waals surface area contributed by atoms with Gasteiger partial charge in [-0.05, 0) is 6.92 Å². The SMILES string of the molecule is CCn1ccnc1C(O)c1cnn2ccncc12. The van der Waals surface area contributed by atoms with Crippen molar-refractivity contribution >= 4 is 5.52 Å². The van der Waals surface area contributed by atoms with Crippen LogP contribution in [0.3, 0.4) is 0 Å². The van der Waals surface area contributed by atoms with Gasteiger partial charge in [-0.15, -0.1) is 0 Å². The number of hydrogen-bond donors (Lipinski definition) is 1. The molecule has 92 valence electrons. The Labute approximate surface area is 104 Å². The van der Waals surface area contributed by atoms with E-state index in [1.807, 2.05) is 17.7 Å². The molecule has 0 saturated heterocycles. The largest absolute Gasteiger partial charge is 0.380 e. The zero-order valence-electron chi connectivity index (χ0n) is 9.93. The fourth-order valence-corrected chi connectivity index (χ4v) is 2.04. The second kappa shape index (κ2) is 4.23. The first-order chi connectivity index (χ1) is 8.81. The summed E-state index contributed by atoms with van der Waals surface area (Å²) in [6, 6.07) is 0. The van der Waals surface area contributed by atoms with Gasteiger partial charge in [0.1, 0.15) is 11.9 Å². The molecule has 3 aromatic heterocycles. The van der Waals surface area contributed by atoms with Crippen molar-refractivity contribution in [3.05, 3.63) is 48.6 Å². The summed E-state index contributed by atoms with van der Waals surface area (Å²) >= 11 is 0. The molecule has 0 aliphatic heterocycles. The Bertz CT molecular complexity index is 672. The first-order valence-corrected chi connectivity index (χ1v) is 5.77. The van der Waals surface area contributed by atoms with E-state index in [1.165, 1.54) is 0 Å². The number of hydrogen-bond acceptors (Lipinski definition) is 4. The van der Waals surface area contributed by atoms with Crippen LogP contribution in [0.5, 0.6) is 0 Å². The van der Waals surface area contributed by atoms with Crippen molar-refractivity contribution in [2.45, 2.75) is 19.6 Å². The monoisotopic (exact) mass is 243 g/mol. The Morgan fingerprint density at radius 1 is 1.28 bits per heavy atom. The van der Waals surface area contributed by atoms with Gasteiger partial charge >= 0.3 is 0 Å². The quantitative estimate of drug-likeness (QED) is 0.746. The Morgan fingerprint density at radius 2 is 2.17 bits per heavy atom. The lowest BCUT2D eigenvalue weighted by atomic mass is 10.1. The van der Waals surface area contributed by atoms with Gasteiger partial charge in [-0.2, -0.15) is 5.10 Å². The minimum Gasteiger partial charge on any atom is -0.380 e. The van der Waals surface area contributed by atoms with Crippen molar-refractivity contribution in [1.82, 2.24) is 24.1 Å². The number of nitrogens with zero attached hydrogens (tertiary/aromatic N) is 5. The zero-order valence-corrected chi connectivity index (χ0v) is 9.93. The van der Waals surface area contributed by atoms with Gasteiger partial charge in [0.05, 0.1) is 17.9 Å². The van der Waals surface area contributed by atoms with E-state index in [1.54, 1.807) is 35.5 Å². The average Bonchev–Trinajstić information content (AvgIpc) is 3.04. The molecular formula is C12H13N5O. The van der Waals surface area contributed by atoms with E-state index in [9.17, 15) is 5.11 Å². The highest BCUT2D eigenvalue weighted by Gasteiger charge is 2.19. The Balaban J connectivity index is 2.09. The van der Waals surface area contributed by atoms with Gasteiger partial charge in [0.15, 0.2) is 0 Å². The molecule has 3 aromatic rings. The predicted octanol–water partition coefficient (Wildman–Crippen LogP) is 1.03. The summed E-state index contributed by atoms with van der Waals surface area (Å²) in [5.41, 5.74) is 1.50. The van der Waals surface area contributed by atoms with Gasteiger partial charge < -0.3 is 9.67 Å². The summed E-state index contributed by atoms with van der Waals surface area (Å²) in [6.07, 6.45) is 9.48. The standard InChI is InChI=1S/C12H13N5O/c1-2-16-5-4-14-12(16)11(18)9-7-15-17-6-3-13-8-10(9)17/h3-8,11,18H,2H2,1H3. The van der Waals surface area contributed by atoms with Crippen LogP contribution in [0.25, 0.3) is 5.52 Å². The molecule has 0 radical (unpaired) electrons. The number of fused-ring (bicyclic) bond motifs is 1. The van der Waals surface area contributed by atoms with Crippen LogP contribution in [0, 0.1) is 0 Å². The zero-order chi connectivity index (χ0) is 12.5.